The van der Waals surface area contributed by atoms with E-state index in [9.17, 15) is 22.8 Å². The molecule has 0 bridgehead atoms. The van der Waals surface area contributed by atoms with Crippen molar-refractivity contribution in [1.29, 1.82) is 0 Å². The smallest absolute Gasteiger partial charge is 0.360 e. The van der Waals surface area contributed by atoms with Gasteiger partial charge in [0.2, 0.25) is 10.0 Å². The Morgan fingerprint density at radius 3 is 2.44 bits per heavy atom. The molecular formula is C23H26N4O6S. The van der Waals surface area contributed by atoms with Crippen molar-refractivity contribution in [1.82, 2.24) is 14.1 Å². The van der Waals surface area contributed by atoms with Gasteiger partial charge in [0.05, 0.1) is 10.3 Å². The van der Waals surface area contributed by atoms with Crippen LogP contribution in [0, 0.1) is 0 Å². The summed E-state index contributed by atoms with van der Waals surface area (Å²) in [6, 6.07) is 12.3. The number of sulfonamides is 1. The monoisotopic (exact) mass is 486 g/mol. The molecule has 0 saturated heterocycles. The van der Waals surface area contributed by atoms with Crippen LogP contribution < -0.4 is 10.9 Å². The van der Waals surface area contributed by atoms with Crippen molar-refractivity contribution in [3.05, 3.63) is 64.6 Å². The van der Waals surface area contributed by atoms with Gasteiger partial charge in [-0.25, -0.2) is 22.2 Å². The summed E-state index contributed by atoms with van der Waals surface area (Å²) in [7, 11) is -0.871. The molecule has 2 aromatic carbocycles. The number of hydrogen-bond donors (Lipinski definition) is 1. The molecule has 0 radical (unpaired) electrons. The highest BCUT2D eigenvalue weighted by Crippen LogP contribution is 2.19. The van der Waals surface area contributed by atoms with Crippen LogP contribution in [0.25, 0.3) is 10.8 Å². The number of aromatic nitrogens is 2. The molecule has 0 aliphatic heterocycles. The van der Waals surface area contributed by atoms with E-state index in [4.69, 9.17) is 4.74 Å². The zero-order chi connectivity index (χ0) is 25.0. The van der Waals surface area contributed by atoms with Crippen molar-refractivity contribution in [3.8, 4) is 0 Å². The second-order valence-electron chi connectivity index (χ2n) is 7.77. The predicted octanol–water partition coefficient (Wildman–Crippen LogP) is 2.24. The number of aryl methyl sites for hydroxylation is 1. The molecule has 1 unspecified atom stereocenters. The van der Waals surface area contributed by atoms with E-state index >= 15 is 0 Å². The summed E-state index contributed by atoms with van der Waals surface area (Å²) >= 11 is 0. The van der Waals surface area contributed by atoms with Crippen molar-refractivity contribution in [3.63, 3.8) is 0 Å². The maximum atomic E-state index is 12.9. The average Bonchev–Trinajstić information content (AvgIpc) is 2.81. The molecule has 1 aromatic heterocycles. The molecule has 34 heavy (non-hydrogen) atoms. The third-order valence-electron chi connectivity index (χ3n) is 5.03. The van der Waals surface area contributed by atoms with Gasteiger partial charge in [-0.15, -0.1) is 0 Å². The number of esters is 1. The molecule has 180 valence electrons. The SMILES string of the molecule is CCCn1nc(C(=O)OC(C)C(=O)Nc2cccc(S(=O)(=O)N(C)C)c2)c2ccccc2c1=O. The van der Waals surface area contributed by atoms with Crippen LogP contribution in [0.2, 0.25) is 0 Å². The number of hydrogen-bond acceptors (Lipinski definition) is 7. The normalized spacial score (nSPS) is 12.5. The van der Waals surface area contributed by atoms with Crippen LogP contribution in [0.15, 0.2) is 58.2 Å². The van der Waals surface area contributed by atoms with Gasteiger partial charge >= 0.3 is 5.97 Å². The van der Waals surface area contributed by atoms with Crippen molar-refractivity contribution in [2.45, 2.75) is 37.8 Å². The summed E-state index contributed by atoms with van der Waals surface area (Å²) in [4.78, 5) is 38.1. The van der Waals surface area contributed by atoms with Crippen LogP contribution >= 0.6 is 0 Å². The summed E-state index contributed by atoms with van der Waals surface area (Å²) in [5, 5.41) is 7.38. The molecular weight excluding hydrogens is 460 g/mol. The van der Waals surface area contributed by atoms with Gasteiger partial charge in [-0.3, -0.25) is 9.59 Å². The average molecular weight is 487 g/mol. The lowest BCUT2D eigenvalue weighted by Crippen LogP contribution is -2.32. The Hall–Kier alpha value is -3.57. The first-order chi connectivity index (χ1) is 16.1. The van der Waals surface area contributed by atoms with Gasteiger partial charge in [-0.05, 0) is 37.6 Å². The van der Waals surface area contributed by atoms with Crippen molar-refractivity contribution >= 4 is 38.4 Å². The van der Waals surface area contributed by atoms with Gasteiger partial charge in [0.25, 0.3) is 11.5 Å². The molecule has 0 aliphatic carbocycles. The summed E-state index contributed by atoms with van der Waals surface area (Å²) in [5.74, 6) is -1.51. The molecule has 10 nitrogen and oxygen atoms in total. The third kappa shape index (κ3) is 5.15. The van der Waals surface area contributed by atoms with E-state index in [0.717, 1.165) is 4.31 Å². The zero-order valence-electron chi connectivity index (χ0n) is 19.3. The Morgan fingerprint density at radius 1 is 1.12 bits per heavy atom. The molecule has 1 N–H and O–H groups in total. The van der Waals surface area contributed by atoms with Gasteiger partial charge in [-0.1, -0.05) is 31.2 Å². The first kappa shape index (κ1) is 25.1. The summed E-state index contributed by atoms with van der Waals surface area (Å²) in [6.07, 6.45) is -0.574. The standard InChI is InChI=1S/C23H26N4O6S/c1-5-13-27-22(29)19-12-7-6-11-18(19)20(25-27)23(30)33-15(2)21(28)24-16-9-8-10-17(14-16)34(31,32)26(3)4/h6-12,14-15H,5,13H2,1-4H3,(H,24,28). The van der Waals surface area contributed by atoms with E-state index < -0.39 is 28.0 Å². The fourth-order valence-electron chi connectivity index (χ4n) is 3.21. The van der Waals surface area contributed by atoms with Crippen LogP contribution in [0.5, 0.6) is 0 Å². The minimum absolute atomic E-state index is 0.00815. The van der Waals surface area contributed by atoms with Crippen LogP contribution in [0.1, 0.15) is 30.8 Å². The van der Waals surface area contributed by atoms with Crippen LogP contribution in [0.3, 0.4) is 0 Å². The Labute approximate surface area is 197 Å². The van der Waals surface area contributed by atoms with Crippen molar-refractivity contribution in [2.24, 2.45) is 0 Å². The third-order valence-corrected chi connectivity index (χ3v) is 6.84. The van der Waals surface area contributed by atoms with E-state index in [1.54, 1.807) is 24.3 Å². The summed E-state index contributed by atoms with van der Waals surface area (Å²) in [6.45, 7) is 3.59. The maximum Gasteiger partial charge on any atom is 0.360 e. The zero-order valence-corrected chi connectivity index (χ0v) is 20.1. The van der Waals surface area contributed by atoms with E-state index in [-0.39, 0.29) is 21.8 Å². The molecule has 0 saturated carbocycles. The van der Waals surface area contributed by atoms with E-state index in [0.29, 0.717) is 23.7 Å². The predicted molar refractivity (Wildman–Crippen MR) is 127 cm³/mol. The van der Waals surface area contributed by atoms with Gasteiger partial charge in [0.15, 0.2) is 11.8 Å². The van der Waals surface area contributed by atoms with E-state index in [2.05, 4.69) is 10.4 Å². The fourth-order valence-corrected chi connectivity index (χ4v) is 4.16. The summed E-state index contributed by atoms with van der Waals surface area (Å²) in [5.41, 5.74) is -0.148. The van der Waals surface area contributed by atoms with Gasteiger partial charge in [0.1, 0.15) is 0 Å². The van der Waals surface area contributed by atoms with Crippen LogP contribution in [-0.4, -0.2) is 54.6 Å². The second kappa shape index (κ2) is 10.1. The van der Waals surface area contributed by atoms with Gasteiger partial charge in [-0.2, -0.15) is 5.10 Å². The number of carbonyl (C=O) groups is 2. The number of anilines is 1. The number of carbonyl (C=O) groups excluding carboxylic acids is 2. The van der Waals surface area contributed by atoms with Crippen LogP contribution in [0.4, 0.5) is 5.69 Å². The lowest BCUT2D eigenvalue weighted by atomic mass is 10.1. The lowest BCUT2D eigenvalue weighted by Gasteiger charge is -2.16. The Bertz CT molecular complexity index is 1400. The number of nitrogens with zero attached hydrogens (tertiary/aromatic N) is 3. The summed E-state index contributed by atoms with van der Waals surface area (Å²) < 4.78 is 32.3. The highest BCUT2D eigenvalue weighted by molar-refractivity contribution is 7.89. The van der Waals surface area contributed by atoms with Crippen LogP contribution in [-0.2, 0) is 26.1 Å². The number of nitrogens with one attached hydrogen (secondary N) is 1. The number of amides is 1. The van der Waals surface area contributed by atoms with Crippen molar-refractivity contribution < 1.29 is 22.7 Å². The first-order valence-corrected chi connectivity index (χ1v) is 12.0. The van der Waals surface area contributed by atoms with E-state index in [1.165, 1.54) is 50.0 Å². The molecule has 0 spiro atoms. The number of rotatable bonds is 8. The molecule has 3 rings (SSSR count). The van der Waals surface area contributed by atoms with Gasteiger partial charge in [0, 0.05) is 31.7 Å². The molecule has 0 fully saturated rings. The first-order valence-electron chi connectivity index (χ1n) is 10.6. The van der Waals surface area contributed by atoms with E-state index in [1.807, 2.05) is 6.92 Å². The number of fused-ring (bicyclic) bond motifs is 1. The largest absolute Gasteiger partial charge is 0.448 e. The molecule has 1 heterocycles. The topological polar surface area (TPSA) is 128 Å². The highest BCUT2D eigenvalue weighted by atomic mass is 32.2. The lowest BCUT2D eigenvalue weighted by molar-refractivity contribution is -0.123. The maximum absolute atomic E-state index is 12.9. The Morgan fingerprint density at radius 2 is 1.79 bits per heavy atom. The molecule has 11 heteroatoms. The number of benzene rings is 2. The molecule has 1 atom stereocenters. The molecule has 3 aromatic rings. The minimum Gasteiger partial charge on any atom is -0.448 e. The Balaban J connectivity index is 1.82. The Kier molecular flexibility index (Phi) is 7.48. The molecule has 1 amide bonds. The second-order valence-corrected chi connectivity index (χ2v) is 9.93. The molecule has 0 aliphatic rings. The number of ether oxygens (including phenoxy) is 1. The minimum atomic E-state index is -3.68. The van der Waals surface area contributed by atoms with Gasteiger partial charge < -0.3 is 10.1 Å². The fraction of sp³-hybridized carbons (Fsp3) is 0.304. The van der Waals surface area contributed by atoms with Crippen molar-refractivity contribution in [2.75, 3.05) is 19.4 Å². The highest BCUT2D eigenvalue weighted by Gasteiger charge is 2.24. The quantitative estimate of drug-likeness (QED) is 0.484.